The highest BCUT2D eigenvalue weighted by atomic mass is 16.1. The van der Waals surface area contributed by atoms with Gasteiger partial charge < -0.3 is 11.1 Å². The van der Waals surface area contributed by atoms with Crippen molar-refractivity contribution in [2.75, 3.05) is 5.73 Å². The lowest BCUT2D eigenvalue weighted by molar-refractivity contribution is -0.121. The van der Waals surface area contributed by atoms with Crippen LogP contribution in [0.25, 0.3) is 0 Å². The number of carbonyl (C=O) groups is 1. The van der Waals surface area contributed by atoms with Gasteiger partial charge in [-0.05, 0) is 37.5 Å². The van der Waals surface area contributed by atoms with E-state index in [4.69, 9.17) is 5.73 Å². The van der Waals surface area contributed by atoms with Crippen LogP contribution in [0.3, 0.4) is 0 Å². The number of carbonyl (C=O) groups excluding carboxylic acids is 1. The molecule has 3 N–H and O–H groups in total. The van der Waals surface area contributed by atoms with Crippen molar-refractivity contribution in [1.29, 1.82) is 0 Å². The van der Waals surface area contributed by atoms with Crippen molar-refractivity contribution in [3.8, 4) is 0 Å². The van der Waals surface area contributed by atoms with Gasteiger partial charge in [-0.3, -0.25) is 4.79 Å². The molecular formula is C13H20N2O. The minimum absolute atomic E-state index is 0.0323. The number of hydrogen-bond donors (Lipinski definition) is 2. The van der Waals surface area contributed by atoms with Gasteiger partial charge in [0.25, 0.3) is 0 Å². The molecule has 0 aliphatic heterocycles. The van der Waals surface area contributed by atoms with E-state index in [1.54, 1.807) is 0 Å². The van der Waals surface area contributed by atoms with Gasteiger partial charge in [0, 0.05) is 11.7 Å². The Bertz CT molecular complexity index is 374. The molecule has 88 valence electrons. The van der Waals surface area contributed by atoms with Crippen LogP contribution in [0.1, 0.15) is 31.4 Å². The van der Waals surface area contributed by atoms with E-state index in [2.05, 4.69) is 5.32 Å². The zero-order valence-electron chi connectivity index (χ0n) is 10.2. The van der Waals surface area contributed by atoms with Crippen LogP contribution in [-0.2, 0) is 11.2 Å². The molecule has 0 heterocycles. The van der Waals surface area contributed by atoms with Crippen LogP contribution in [0, 0.1) is 6.92 Å². The highest BCUT2D eigenvalue weighted by Gasteiger charge is 2.08. The van der Waals surface area contributed by atoms with Crippen LogP contribution in [0.2, 0.25) is 0 Å². The molecule has 0 aromatic heterocycles. The van der Waals surface area contributed by atoms with Crippen molar-refractivity contribution in [1.82, 2.24) is 5.32 Å². The Labute approximate surface area is 97.0 Å². The fourth-order valence-electron chi connectivity index (χ4n) is 1.48. The normalized spacial score (nSPS) is 12.2. The second-order valence-corrected chi connectivity index (χ2v) is 4.26. The zero-order chi connectivity index (χ0) is 12.1. The molecule has 1 rings (SSSR count). The molecule has 0 fully saturated rings. The topological polar surface area (TPSA) is 55.1 Å². The first-order valence-electron chi connectivity index (χ1n) is 5.67. The van der Waals surface area contributed by atoms with Crippen molar-refractivity contribution in [2.24, 2.45) is 0 Å². The third-order valence-electron chi connectivity index (χ3n) is 2.67. The lowest BCUT2D eigenvalue weighted by Gasteiger charge is -2.12. The number of nitrogens with one attached hydrogen (secondary N) is 1. The number of amides is 1. The van der Waals surface area contributed by atoms with Gasteiger partial charge in [0.2, 0.25) is 5.91 Å². The molecule has 3 nitrogen and oxygen atoms in total. The molecule has 0 saturated carbocycles. The molecular weight excluding hydrogens is 200 g/mol. The third kappa shape index (κ3) is 3.57. The Morgan fingerprint density at radius 1 is 1.50 bits per heavy atom. The van der Waals surface area contributed by atoms with Crippen molar-refractivity contribution in [3.63, 3.8) is 0 Å². The maximum absolute atomic E-state index is 11.7. The van der Waals surface area contributed by atoms with Gasteiger partial charge >= 0.3 is 0 Å². The number of benzene rings is 1. The summed E-state index contributed by atoms with van der Waals surface area (Å²) < 4.78 is 0. The van der Waals surface area contributed by atoms with Crippen LogP contribution in [0.5, 0.6) is 0 Å². The molecule has 0 radical (unpaired) electrons. The molecule has 1 aromatic carbocycles. The first-order chi connectivity index (χ1) is 7.52. The fraction of sp³-hybridized carbons (Fsp3) is 0.462. The summed E-state index contributed by atoms with van der Waals surface area (Å²) >= 11 is 0. The molecule has 1 amide bonds. The maximum atomic E-state index is 11.7. The second kappa shape index (κ2) is 5.54. The quantitative estimate of drug-likeness (QED) is 0.763. The molecule has 0 spiro atoms. The number of nitrogens with two attached hydrogens (primary N) is 1. The summed E-state index contributed by atoms with van der Waals surface area (Å²) in [5.74, 6) is 0.0323. The van der Waals surface area contributed by atoms with E-state index in [0.717, 1.165) is 17.5 Å². The summed E-state index contributed by atoms with van der Waals surface area (Å²) in [6.07, 6.45) is 1.30. The Morgan fingerprint density at radius 3 is 2.75 bits per heavy atom. The molecule has 3 heteroatoms. The lowest BCUT2D eigenvalue weighted by atomic mass is 10.1. The largest absolute Gasteiger partial charge is 0.398 e. The third-order valence-corrected chi connectivity index (χ3v) is 2.67. The van der Waals surface area contributed by atoms with Crippen molar-refractivity contribution >= 4 is 11.6 Å². The minimum atomic E-state index is 0.0323. The highest BCUT2D eigenvalue weighted by molar-refractivity contribution is 5.80. The fourth-order valence-corrected chi connectivity index (χ4v) is 1.48. The Hall–Kier alpha value is -1.51. The average molecular weight is 220 g/mol. The minimum Gasteiger partial charge on any atom is -0.398 e. The molecule has 1 atom stereocenters. The summed E-state index contributed by atoms with van der Waals surface area (Å²) in [5.41, 5.74) is 8.56. The standard InChI is InChI=1S/C13H20N2O/c1-4-10(3)15-13(16)8-11-6-5-9(2)7-12(11)14/h5-7,10H,4,8,14H2,1-3H3,(H,15,16)/t10-/m1/s1. The van der Waals surface area contributed by atoms with Gasteiger partial charge in [0.05, 0.1) is 6.42 Å². The summed E-state index contributed by atoms with van der Waals surface area (Å²) in [6.45, 7) is 6.03. The summed E-state index contributed by atoms with van der Waals surface area (Å²) in [6, 6.07) is 6.01. The predicted octanol–water partition coefficient (Wildman–Crippen LogP) is 2.03. The number of hydrogen-bond acceptors (Lipinski definition) is 2. The van der Waals surface area contributed by atoms with Crippen LogP contribution >= 0.6 is 0 Å². The van der Waals surface area contributed by atoms with Crippen molar-refractivity contribution in [2.45, 2.75) is 39.7 Å². The van der Waals surface area contributed by atoms with E-state index in [-0.39, 0.29) is 11.9 Å². The van der Waals surface area contributed by atoms with Crippen molar-refractivity contribution in [3.05, 3.63) is 29.3 Å². The zero-order valence-corrected chi connectivity index (χ0v) is 10.2. The maximum Gasteiger partial charge on any atom is 0.224 e. The van der Waals surface area contributed by atoms with E-state index < -0.39 is 0 Å². The summed E-state index contributed by atoms with van der Waals surface area (Å²) in [5, 5.41) is 2.93. The lowest BCUT2D eigenvalue weighted by Crippen LogP contribution is -2.33. The van der Waals surface area contributed by atoms with E-state index in [1.807, 2.05) is 39.0 Å². The molecule has 0 aliphatic rings. The van der Waals surface area contributed by atoms with Crippen LogP contribution in [0.15, 0.2) is 18.2 Å². The van der Waals surface area contributed by atoms with Gasteiger partial charge in [-0.1, -0.05) is 19.1 Å². The van der Waals surface area contributed by atoms with Gasteiger partial charge in [-0.2, -0.15) is 0 Å². The van der Waals surface area contributed by atoms with Gasteiger partial charge in [0.1, 0.15) is 0 Å². The highest BCUT2D eigenvalue weighted by Crippen LogP contribution is 2.14. The van der Waals surface area contributed by atoms with Crippen molar-refractivity contribution < 1.29 is 4.79 Å². The van der Waals surface area contributed by atoms with E-state index in [9.17, 15) is 4.79 Å². The first kappa shape index (κ1) is 12.6. The van der Waals surface area contributed by atoms with E-state index in [0.29, 0.717) is 12.1 Å². The van der Waals surface area contributed by atoms with Gasteiger partial charge in [-0.25, -0.2) is 0 Å². The van der Waals surface area contributed by atoms with Crippen LogP contribution in [0.4, 0.5) is 5.69 Å². The van der Waals surface area contributed by atoms with Crippen LogP contribution in [-0.4, -0.2) is 11.9 Å². The van der Waals surface area contributed by atoms with E-state index >= 15 is 0 Å². The Kier molecular flexibility index (Phi) is 4.35. The number of nitrogen functional groups attached to an aromatic ring is 1. The first-order valence-corrected chi connectivity index (χ1v) is 5.67. The van der Waals surface area contributed by atoms with Crippen LogP contribution < -0.4 is 11.1 Å². The predicted molar refractivity (Wildman–Crippen MR) is 67.2 cm³/mol. The Morgan fingerprint density at radius 2 is 2.19 bits per heavy atom. The Balaban J connectivity index is 2.63. The van der Waals surface area contributed by atoms with Gasteiger partial charge in [-0.15, -0.1) is 0 Å². The molecule has 0 bridgehead atoms. The monoisotopic (exact) mass is 220 g/mol. The van der Waals surface area contributed by atoms with Gasteiger partial charge in [0.15, 0.2) is 0 Å². The molecule has 0 aliphatic carbocycles. The smallest absolute Gasteiger partial charge is 0.224 e. The molecule has 16 heavy (non-hydrogen) atoms. The molecule has 1 aromatic rings. The van der Waals surface area contributed by atoms with E-state index in [1.165, 1.54) is 0 Å². The summed E-state index contributed by atoms with van der Waals surface area (Å²) in [4.78, 5) is 11.7. The SMILES string of the molecule is CC[C@@H](C)NC(=O)Cc1ccc(C)cc1N. The second-order valence-electron chi connectivity index (χ2n) is 4.26. The number of rotatable bonds is 4. The summed E-state index contributed by atoms with van der Waals surface area (Å²) in [7, 11) is 0. The average Bonchev–Trinajstić information content (AvgIpc) is 2.22. The molecule has 0 unspecified atom stereocenters. The number of aryl methyl sites for hydroxylation is 1. The number of anilines is 1. The molecule has 0 saturated heterocycles.